The van der Waals surface area contributed by atoms with Gasteiger partial charge in [-0.05, 0) is 66.2 Å². The van der Waals surface area contributed by atoms with Gasteiger partial charge in [0.15, 0.2) is 11.5 Å². The Labute approximate surface area is 238 Å². The Bertz CT molecular complexity index is 1630. The molecule has 2 heterocycles. The van der Waals surface area contributed by atoms with Crippen molar-refractivity contribution in [2.45, 2.75) is 20.4 Å². The molecule has 210 valence electrons. The van der Waals surface area contributed by atoms with Crippen molar-refractivity contribution in [2.24, 2.45) is 0 Å². The van der Waals surface area contributed by atoms with Crippen LogP contribution in [0.5, 0.6) is 23.0 Å². The maximum atomic E-state index is 13.4. The summed E-state index contributed by atoms with van der Waals surface area (Å²) in [7, 11) is 3.15. The van der Waals surface area contributed by atoms with Crippen LogP contribution < -0.4 is 24.8 Å². The maximum absolute atomic E-state index is 13.4. The molecule has 0 bridgehead atoms. The molecule has 1 amide bonds. The minimum Gasteiger partial charge on any atom is -0.493 e. The number of pyridine rings is 2. The third-order valence-electron chi connectivity index (χ3n) is 5.95. The molecule has 41 heavy (non-hydrogen) atoms. The normalized spacial score (nSPS) is 10.3. The number of hydrogen-bond donors (Lipinski definition) is 2. The number of aromatic nitrogens is 2. The maximum Gasteiger partial charge on any atom is 0.255 e. The third kappa shape index (κ3) is 7.07. The summed E-state index contributed by atoms with van der Waals surface area (Å²) >= 11 is 0. The molecule has 5 aromatic rings. The van der Waals surface area contributed by atoms with Gasteiger partial charge in [-0.1, -0.05) is 26.0 Å². The number of nitrogens with zero attached hydrogens (tertiary/aromatic N) is 2. The molecule has 0 atom stereocenters. The molecule has 8 nitrogen and oxygen atoms in total. The lowest BCUT2D eigenvalue weighted by atomic mass is 10.1. The van der Waals surface area contributed by atoms with Gasteiger partial charge >= 0.3 is 0 Å². The number of carbonyl (C=O) groups excluding carboxylic acids is 1. The van der Waals surface area contributed by atoms with Crippen molar-refractivity contribution in [1.82, 2.24) is 15.3 Å². The summed E-state index contributed by atoms with van der Waals surface area (Å²) < 4.78 is 30.4. The van der Waals surface area contributed by atoms with Gasteiger partial charge in [-0.25, -0.2) is 9.37 Å². The largest absolute Gasteiger partial charge is 0.493 e. The topological polar surface area (TPSA) is 94.6 Å². The Hall–Kier alpha value is -5.18. The predicted octanol–water partition coefficient (Wildman–Crippen LogP) is 7.28. The highest BCUT2D eigenvalue weighted by Gasteiger charge is 2.14. The van der Waals surface area contributed by atoms with Gasteiger partial charge in [0, 0.05) is 36.1 Å². The van der Waals surface area contributed by atoms with Crippen molar-refractivity contribution < 1.29 is 23.4 Å². The second kappa shape index (κ2) is 13.7. The van der Waals surface area contributed by atoms with E-state index in [0.717, 1.165) is 5.39 Å². The molecule has 0 saturated carbocycles. The molecule has 0 aliphatic rings. The van der Waals surface area contributed by atoms with Gasteiger partial charge in [-0.3, -0.25) is 9.78 Å². The van der Waals surface area contributed by atoms with Crippen molar-refractivity contribution in [3.05, 3.63) is 108 Å². The molecule has 0 unspecified atom stereocenters. The minimum absolute atomic E-state index is 0.194. The summed E-state index contributed by atoms with van der Waals surface area (Å²) in [4.78, 5) is 21.6. The SMILES string of the molecule is CC.COc1cc2nccc(Oc3ccc(Nc4ncccc4C(=O)NCc4cccc(F)c4)cc3)c2cc1OC. The van der Waals surface area contributed by atoms with Crippen molar-refractivity contribution in [3.8, 4) is 23.0 Å². The summed E-state index contributed by atoms with van der Waals surface area (Å²) in [6.45, 7) is 4.19. The Balaban J connectivity index is 0.00000189. The van der Waals surface area contributed by atoms with E-state index in [1.807, 2.05) is 44.2 Å². The lowest BCUT2D eigenvalue weighted by molar-refractivity contribution is 0.0951. The van der Waals surface area contributed by atoms with Crippen LogP contribution >= 0.6 is 0 Å². The summed E-state index contributed by atoms with van der Waals surface area (Å²) in [5.74, 6) is 2.10. The van der Waals surface area contributed by atoms with Crippen molar-refractivity contribution in [1.29, 1.82) is 0 Å². The highest BCUT2D eigenvalue weighted by molar-refractivity contribution is 5.99. The van der Waals surface area contributed by atoms with Crippen LogP contribution in [0.25, 0.3) is 10.9 Å². The zero-order valence-corrected chi connectivity index (χ0v) is 23.3. The fraction of sp³-hybridized carbons (Fsp3) is 0.156. The zero-order valence-electron chi connectivity index (χ0n) is 23.3. The third-order valence-corrected chi connectivity index (χ3v) is 5.95. The Morgan fingerprint density at radius 3 is 2.32 bits per heavy atom. The first-order chi connectivity index (χ1) is 20.0. The van der Waals surface area contributed by atoms with E-state index < -0.39 is 0 Å². The van der Waals surface area contributed by atoms with Crippen LogP contribution in [0.3, 0.4) is 0 Å². The molecule has 0 aliphatic carbocycles. The Morgan fingerprint density at radius 1 is 0.829 bits per heavy atom. The number of benzene rings is 3. The number of nitrogens with one attached hydrogen (secondary N) is 2. The molecule has 0 spiro atoms. The Kier molecular flexibility index (Phi) is 9.66. The summed E-state index contributed by atoms with van der Waals surface area (Å²) in [5, 5.41) is 6.77. The van der Waals surface area contributed by atoms with E-state index in [1.54, 1.807) is 63.0 Å². The summed E-state index contributed by atoms with van der Waals surface area (Å²) in [5.41, 5.74) is 2.45. The van der Waals surface area contributed by atoms with Crippen LogP contribution in [-0.4, -0.2) is 30.1 Å². The number of rotatable bonds is 9. The molecular formula is C32H31FN4O4. The number of hydrogen-bond acceptors (Lipinski definition) is 7. The highest BCUT2D eigenvalue weighted by atomic mass is 19.1. The van der Waals surface area contributed by atoms with E-state index in [-0.39, 0.29) is 18.3 Å². The van der Waals surface area contributed by atoms with Crippen LogP contribution in [0.4, 0.5) is 15.9 Å². The number of carbonyl (C=O) groups is 1. The van der Waals surface area contributed by atoms with Gasteiger partial charge in [0.2, 0.25) is 0 Å². The average Bonchev–Trinajstić information content (AvgIpc) is 3.01. The number of methoxy groups -OCH3 is 2. The molecule has 5 rings (SSSR count). The quantitative estimate of drug-likeness (QED) is 0.198. The standard InChI is InChI=1S/C30H25FN4O4.C2H6/c1-37-27-16-24-25(17-28(27)38-2)32-14-12-26(24)39-22-10-8-21(9-11-22)35-29-23(7-4-13-33-29)30(36)34-18-19-5-3-6-20(31)15-19;1-2/h3-17H,18H2,1-2H3,(H,33,35)(H,34,36);1-2H3. The van der Waals surface area contributed by atoms with E-state index in [2.05, 4.69) is 20.6 Å². The monoisotopic (exact) mass is 554 g/mol. The summed E-state index contributed by atoms with van der Waals surface area (Å²) in [6.07, 6.45) is 3.27. The fourth-order valence-corrected chi connectivity index (χ4v) is 4.02. The second-order valence-corrected chi connectivity index (χ2v) is 8.50. The molecular weight excluding hydrogens is 523 g/mol. The number of amides is 1. The number of ether oxygens (including phenoxy) is 3. The van der Waals surface area contributed by atoms with E-state index in [1.165, 1.54) is 12.1 Å². The first-order valence-corrected chi connectivity index (χ1v) is 13.1. The van der Waals surface area contributed by atoms with Gasteiger partial charge in [0.05, 0.1) is 25.3 Å². The molecule has 2 aromatic heterocycles. The molecule has 0 aliphatic heterocycles. The van der Waals surface area contributed by atoms with E-state index in [4.69, 9.17) is 14.2 Å². The van der Waals surface area contributed by atoms with E-state index in [9.17, 15) is 9.18 Å². The van der Waals surface area contributed by atoms with Crippen LogP contribution in [0.2, 0.25) is 0 Å². The van der Waals surface area contributed by atoms with Gasteiger partial charge in [-0.2, -0.15) is 0 Å². The first-order valence-electron chi connectivity index (χ1n) is 13.1. The molecule has 3 aromatic carbocycles. The van der Waals surface area contributed by atoms with Gasteiger partial charge in [-0.15, -0.1) is 0 Å². The average molecular weight is 555 g/mol. The second-order valence-electron chi connectivity index (χ2n) is 8.50. The van der Waals surface area contributed by atoms with Crippen molar-refractivity contribution in [3.63, 3.8) is 0 Å². The lowest BCUT2D eigenvalue weighted by Crippen LogP contribution is -2.24. The molecule has 0 saturated heterocycles. The Morgan fingerprint density at radius 2 is 1.59 bits per heavy atom. The first kappa shape index (κ1) is 28.8. The van der Waals surface area contributed by atoms with E-state index >= 15 is 0 Å². The summed E-state index contributed by atoms with van der Waals surface area (Å²) in [6, 6.07) is 22.1. The molecule has 9 heteroatoms. The minimum atomic E-state index is -0.352. The number of halogens is 1. The smallest absolute Gasteiger partial charge is 0.255 e. The van der Waals surface area contributed by atoms with E-state index in [0.29, 0.717) is 51.1 Å². The van der Waals surface area contributed by atoms with Crippen LogP contribution in [0.15, 0.2) is 91.3 Å². The van der Waals surface area contributed by atoms with Crippen LogP contribution in [0, 0.1) is 5.82 Å². The van der Waals surface area contributed by atoms with Crippen LogP contribution in [-0.2, 0) is 6.54 Å². The molecule has 2 N–H and O–H groups in total. The van der Waals surface area contributed by atoms with Gasteiger partial charge in [0.25, 0.3) is 5.91 Å². The molecule has 0 fully saturated rings. The zero-order chi connectivity index (χ0) is 29.2. The van der Waals surface area contributed by atoms with Gasteiger partial charge < -0.3 is 24.8 Å². The van der Waals surface area contributed by atoms with Crippen molar-refractivity contribution in [2.75, 3.05) is 19.5 Å². The lowest BCUT2D eigenvalue weighted by Gasteiger charge is -2.13. The fourth-order valence-electron chi connectivity index (χ4n) is 4.02. The van der Waals surface area contributed by atoms with Gasteiger partial charge in [0.1, 0.15) is 23.1 Å². The molecule has 0 radical (unpaired) electrons. The number of fused-ring (bicyclic) bond motifs is 1. The number of anilines is 2. The predicted molar refractivity (Wildman–Crippen MR) is 158 cm³/mol. The van der Waals surface area contributed by atoms with Crippen molar-refractivity contribution >= 4 is 28.3 Å². The highest BCUT2D eigenvalue weighted by Crippen LogP contribution is 2.37. The van der Waals surface area contributed by atoms with Crippen LogP contribution in [0.1, 0.15) is 29.8 Å².